The van der Waals surface area contributed by atoms with Crippen LogP contribution in [0.2, 0.25) is 0 Å². The summed E-state index contributed by atoms with van der Waals surface area (Å²) < 4.78 is 0. The summed E-state index contributed by atoms with van der Waals surface area (Å²) in [5.74, 6) is 0.142. The quantitative estimate of drug-likeness (QED) is 0.440. The Hall–Kier alpha value is -2.02. The molecule has 1 aromatic carbocycles. The summed E-state index contributed by atoms with van der Waals surface area (Å²) in [6.45, 7) is 4.53. The topological polar surface area (TPSA) is 105 Å². The zero-order chi connectivity index (χ0) is 17.7. The molecule has 2 unspecified atom stereocenters. The van der Waals surface area contributed by atoms with Gasteiger partial charge in [-0.1, -0.05) is 6.08 Å². The maximum Gasteiger partial charge on any atom is 0.120 e. The first-order valence-electron chi connectivity index (χ1n) is 8.05. The molecule has 0 radical (unpaired) electrons. The van der Waals surface area contributed by atoms with E-state index in [2.05, 4.69) is 10.6 Å². The average molecular weight is 334 g/mol. The Labute approximate surface area is 142 Å². The van der Waals surface area contributed by atoms with Crippen molar-refractivity contribution in [1.82, 2.24) is 5.32 Å². The molecule has 0 saturated heterocycles. The standard InChI is InChI=1S/C18H26N2O4/c1-12-15(9-14(10-16(12)23)20-6-8-22)18(2)4-3-13(11-17(18)24)19-5-7-21/h3-4,9-11,17,19-24H,5-8H2,1-2H3. The van der Waals surface area contributed by atoms with Crippen molar-refractivity contribution in [2.24, 2.45) is 0 Å². The predicted molar refractivity (Wildman–Crippen MR) is 94.1 cm³/mol. The maximum absolute atomic E-state index is 10.7. The van der Waals surface area contributed by atoms with E-state index in [1.54, 1.807) is 12.1 Å². The summed E-state index contributed by atoms with van der Waals surface area (Å²) in [6.07, 6.45) is 4.69. The number of hydrogen-bond donors (Lipinski definition) is 6. The second-order valence-corrected chi connectivity index (χ2v) is 6.15. The van der Waals surface area contributed by atoms with E-state index >= 15 is 0 Å². The van der Waals surface area contributed by atoms with E-state index in [0.717, 1.165) is 11.3 Å². The van der Waals surface area contributed by atoms with Crippen LogP contribution in [0.4, 0.5) is 5.69 Å². The smallest absolute Gasteiger partial charge is 0.120 e. The molecule has 0 amide bonds. The molecule has 0 bridgehead atoms. The molecule has 1 aliphatic carbocycles. The molecule has 6 nitrogen and oxygen atoms in total. The van der Waals surface area contributed by atoms with Crippen LogP contribution in [0.5, 0.6) is 5.75 Å². The fourth-order valence-electron chi connectivity index (χ4n) is 2.89. The molecule has 6 N–H and O–H groups in total. The fraction of sp³-hybridized carbons (Fsp3) is 0.444. The lowest BCUT2D eigenvalue weighted by Gasteiger charge is -2.35. The molecule has 132 valence electrons. The second-order valence-electron chi connectivity index (χ2n) is 6.15. The van der Waals surface area contributed by atoms with Gasteiger partial charge < -0.3 is 31.1 Å². The Morgan fingerprint density at radius 1 is 1.12 bits per heavy atom. The monoisotopic (exact) mass is 334 g/mol. The number of rotatable bonds is 7. The second kappa shape index (κ2) is 7.70. The first-order chi connectivity index (χ1) is 11.4. The zero-order valence-electron chi connectivity index (χ0n) is 14.1. The number of benzene rings is 1. The molecule has 6 heteroatoms. The van der Waals surface area contributed by atoms with Crippen LogP contribution in [0, 0.1) is 6.92 Å². The number of aromatic hydroxyl groups is 1. The Morgan fingerprint density at radius 2 is 1.79 bits per heavy atom. The summed E-state index contributed by atoms with van der Waals surface area (Å²) in [7, 11) is 0. The first-order valence-corrected chi connectivity index (χ1v) is 8.05. The highest BCUT2D eigenvalue weighted by molar-refractivity contribution is 5.59. The molecule has 0 spiro atoms. The van der Waals surface area contributed by atoms with E-state index < -0.39 is 11.5 Å². The third-order valence-corrected chi connectivity index (χ3v) is 4.40. The van der Waals surface area contributed by atoms with Gasteiger partial charge in [-0.25, -0.2) is 0 Å². The van der Waals surface area contributed by atoms with E-state index in [9.17, 15) is 10.2 Å². The maximum atomic E-state index is 10.7. The lowest BCUT2D eigenvalue weighted by Crippen LogP contribution is -2.37. The van der Waals surface area contributed by atoms with Crippen molar-refractivity contribution in [3.63, 3.8) is 0 Å². The van der Waals surface area contributed by atoms with Crippen molar-refractivity contribution in [3.8, 4) is 5.75 Å². The number of nitrogens with one attached hydrogen (secondary N) is 2. The lowest BCUT2D eigenvalue weighted by atomic mass is 9.72. The first kappa shape index (κ1) is 18.3. The number of aliphatic hydroxyl groups is 3. The van der Waals surface area contributed by atoms with Crippen LogP contribution in [-0.4, -0.2) is 52.8 Å². The fourth-order valence-corrected chi connectivity index (χ4v) is 2.89. The van der Waals surface area contributed by atoms with Gasteiger partial charge in [-0.15, -0.1) is 0 Å². The van der Waals surface area contributed by atoms with E-state index in [4.69, 9.17) is 10.2 Å². The van der Waals surface area contributed by atoms with Gasteiger partial charge in [-0.3, -0.25) is 0 Å². The molecule has 0 aromatic heterocycles. The molecule has 1 aliphatic rings. The minimum atomic E-state index is -0.783. The van der Waals surface area contributed by atoms with Crippen LogP contribution in [0.15, 0.2) is 36.1 Å². The normalized spacial score (nSPS) is 23.0. The summed E-state index contributed by atoms with van der Waals surface area (Å²) in [5.41, 5.74) is 2.27. The molecule has 0 saturated carbocycles. The van der Waals surface area contributed by atoms with Crippen molar-refractivity contribution >= 4 is 5.69 Å². The third-order valence-electron chi connectivity index (χ3n) is 4.40. The van der Waals surface area contributed by atoms with Gasteiger partial charge in [0.15, 0.2) is 0 Å². The van der Waals surface area contributed by atoms with Gasteiger partial charge in [0.05, 0.1) is 19.3 Å². The summed E-state index contributed by atoms with van der Waals surface area (Å²) in [6, 6.07) is 3.50. The predicted octanol–water partition coefficient (Wildman–Crippen LogP) is 0.759. The molecular formula is C18H26N2O4. The van der Waals surface area contributed by atoms with Crippen molar-refractivity contribution in [3.05, 3.63) is 47.2 Å². The van der Waals surface area contributed by atoms with Crippen LogP contribution < -0.4 is 10.6 Å². The van der Waals surface area contributed by atoms with Gasteiger partial charge in [-0.05, 0) is 43.2 Å². The highest BCUT2D eigenvalue weighted by Crippen LogP contribution is 2.39. The van der Waals surface area contributed by atoms with E-state index in [-0.39, 0.29) is 19.0 Å². The highest BCUT2D eigenvalue weighted by atomic mass is 16.3. The molecule has 2 rings (SSSR count). The number of phenols is 1. The Morgan fingerprint density at radius 3 is 2.42 bits per heavy atom. The van der Waals surface area contributed by atoms with E-state index in [0.29, 0.717) is 24.3 Å². The van der Waals surface area contributed by atoms with Crippen molar-refractivity contribution in [2.75, 3.05) is 31.6 Å². The van der Waals surface area contributed by atoms with Crippen LogP contribution in [0.3, 0.4) is 0 Å². The summed E-state index contributed by atoms with van der Waals surface area (Å²) >= 11 is 0. The molecular weight excluding hydrogens is 308 g/mol. The minimum absolute atomic E-state index is 0.00755. The lowest BCUT2D eigenvalue weighted by molar-refractivity contribution is 0.157. The minimum Gasteiger partial charge on any atom is -0.508 e. The largest absolute Gasteiger partial charge is 0.508 e. The molecule has 0 fully saturated rings. The Balaban J connectivity index is 2.35. The molecule has 2 atom stereocenters. The van der Waals surface area contributed by atoms with Crippen LogP contribution >= 0.6 is 0 Å². The zero-order valence-corrected chi connectivity index (χ0v) is 14.1. The SMILES string of the molecule is Cc1c(O)cc(NCCO)cc1C1(C)C=CC(NCCO)=CC1O. The molecule has 24 heavy (non-hydrogen) atoms. The van der Waals surface area contributed by atoms with Gasteiger partial charge in [0, 0.05) is 36.0 Å². The molecule has 1 aromatic rings. The van der Waals surface area contributed by atoms with Crippen LogP contribution in [0.25, 0.3) is 0 Å². The Kier molecular flexibility index (Phi) is 5.88. The number of anilines is 1. The highest BCUT2D eigenvalue weighted by Gasteiger charge is 2.35. The van der Waals surface area contributed by atoms with Crippen molar-refractivity contribution < 1.29 is 20.4 Å². The van der Waals surface area contributed by atoms with Crippen LogP contribution in [0.1, 0.15) is 18.1 Å². The van der Waals surface area contributed by atoms with Crippen molar-refractivity contribution in [2.45, 2.75) is 25.4 Å². The van der Waals surface area contributed by atoms with Gasteiger partial charge in [0.2, 0.25) is 0 Å². The number of allylic oxidation sites excluding steroid dienone is 1. The molecule has 0 heterocycles. The molecule has 0 aliphatic heterocycles. The van der Waals surface area contributed by atoms with E-state index in [1.807, 2.05) is 32.1 Å². The van der Waals surface area contributed by atoms with Crippen LogP contribution in [-0.2, 0) is 5.41 Å². The summed E-state index contributed by atoms with van der Waals surface area (Å²) in [5, 5.41) is 44.8. The Bertz CT molecular complexity index is 642. The number of hydrogen-bond acceptors (Lipinski definition) is 6. The van der Waals surface area contributed by atoms with E-state index in [1.165, 1.54) is 0 Å². The van der Waals surface area contributed by atoms with Gasteiger partial charge in [0.25, 0.3) is 0 Å². The summed E-state index contributed by atoms with van der Waals surface area (Å²) in [4.78, 5) is 0. The van der Waals surface area contributed by atoms with Gasteiger partial charge in [0.1, 0.15) is 5.75 Å². The third kappa shape index (κ3) is 3.72. The average Bonchev–Trinajstić information content (AvgIpc) is 2.56. The number of aliphatic hydroxyl groups excluding tert-OH is 3. The van der Waals surface area contributed by atoms with Gasteiger partial charge >= 0.3 is 0 Å². The number of phenolic OH excluding ortho intramolecular Hbond substituents is 1. The van der Waals surface area contributed by atoms with Crippen molar-refractivity contribution in [1.29, 1.82) is 0 Å². The van der Waals surface area contributed by atoms with Gasteiger partial charge in [-0.2, -0.15) is 0 Å².